The van der Waals surface area contributed by atoms with Gasteiger partial charge in [0.1, 0.15) is 5.75 Å². The first-order valence-electron chi connectivity index (χ1n) is 6.50. The van der Waals surface area contributed by atoms with Crippen LogP contribution in [0.3, 0.4) is 0 Å². The molecule has 0 bridgehead atoms. The average Bonchev–Trinajstić information content (AvgIpc) is 2.86. The highest BCUT2D eigenvalue weighted by Gasteiger charge is 2.29. The van der Waals surface area contributed by atoms with Crippen LogP contribution >= 0.6 is 0 Å². The van der Waals surface area contributed by atoms with E-state index in [-0.39, 0.29) is 6.04 Å². The summed E-state index contributed by atoms with van der Waals surface area (Å²) in [6.07, 6.45) is 4.33. The van der Waals surface area contributed by atoms with E-state index in [0.29, 0.717) is 6.04 Å². The maximum atomic E-state index is 6.41. The standard InChI is InChI=1S/C15H22N2O/c1-3-9-17-10-5-8-14(17)15(16)12-6-4-7-13(11-12)18-2/h3-4,6-7,11,14-15H,1,5,8-10,16H2,2H3/t14-,15-/m0/s1. The van der Waals surface area contributed by atoms with Crippen LogP contribution in [0.15, 0.2) is 36.9 Å². The van der Waals surface area contributed by atoms with Gasteiger partial charge in [0, 0.05) is 18.6 Å². The maximum absolute atomic E-state index is 6.41. The number of ether oxygens (including phenoxy) is 1. The molecule has 0 saturated carbocycles. The predicted octanol–water partition coefficient (Wildman–Crippen LogP) is 2.35. The zero-order valence-corrected chi connectivity index (χ0v) is 11.0. The van der Waals surface area contributed by atoms with Crippen LogP contribution in [0.5, 0.6) is 5.75 Å². The summed E-state index contributed by atoms with van der Waals surface area (Å²) in [4.78, 5) is 2.41. The SMILES string of the molecule is C=CCN1CCC[C@H]1[C@@H](N)c1cccc(OC)c1. The first-order valence-corrected chi connectivity index (χ1v) is 6.50. The van der Waals surface area contributed by atoms with E-state index in [4.69, 9.17) is 10.5 Å². The van der Waals surface area contributed by atoms with E-state index in [1.807, 2.05) is 24.3 Å². The molecular weight excluding hydrogens is 224 g/mol. The summed E-state index contributed by atoms with van der Waals surface area (Å²) >= 11 is 0. The number of benzene rings is 1. The van der Waals surface area contributed by atoms with Gasteiger partial charge in [0.2, 0.25) is 0 Å². The molecule has 1 fully saturated rings. The molecule has 1 saturated heterocycles. The van der Waals surface area contributed by atoms with Crippen LogP contribution < -0.4 is 10.5 Å². The molecule has 2 rings (SSSR count). The van der Waals surface area contributed by atoms with Gasteiger partial charge in [-0.1, -0.05) is 18.2 Å². The molecule has 3 nitrogen and oxygen atoms in total. The van der Waals surface area contributed by atoms with Gasteiger partial charge in [-0.2, -0.15) is 0 Å². The first kappa shape index (κ1) is 13.1. The van der Waals surface area contributed by atoms with E-state index in [9.17, 15) is 0 Å². The molecule has 0 unspecified atom stereocenters. The van der Waals surface area contributed by atoms with Crippen molar-refractivity contribution in [1.29, 1.82) is 0 Å². The Morgan fingerprint density at radius 3 is 3.17 bits per heavy atom. The Hall–Kier alpha value is -1.32. The molecule has 18 heavy (non-hydrogen) atoms. The smallest absolute Gasteiger partial charge is 0.119 e. The van der Waals surface area contributed by atoms with Gasteiger partial charge in [-0.3, -0.25) is 4.90 Å². The fraction of sp³-hybridized carbons (Fsp3) is 0.467. The Bertz CT molecular complexity index is 405. The van der Waals surface area contributed by atoms with Crippen molar-refractivity contribution >= 4 is 0 Å². The first-order chi connectivity index (χ1) is 8.76. The number of hydrogen-bond acceptors (Lipinski definition) is 3. The molecule has 2 atom stereocenters. The summed E-state index contributed by atoms with van der Waals surface area (Å²) in [6, 6.07) is 8.53. The lowest BCUT2D eigenvalue weighted by Gasteiger charge is -2.28. The van der Waals surface area contributed by atoms with Crippen LogP contribution in [0.2, 0.25) is 0 Å². The Labute approximate surface area is 109 Å². The number of likely N-dealkylation sites (tertiary alicyclic amines) is 1. The van der Waals surface area contributed by atoms with E-state index in [1.165, 1.54) is 6.42 Å². The van der Waals surface area contributed by atoms with Crippen LogP contribution in [0.4, 0.5) is 0 Å². The van der Waals surface area contributed by atoms with Crippen LogP contribution in [0.1, 0.15) is 24.4 Å². The van der Waals surface area contributed by atoms with Gasteiger partial charge < -0.3 is 10.5 Å². The maximum Gasteiger partial charge on any atom is 0.119 e. The topological polar surface area (TPSA) is 38.5 Å². The van der Waals surface area contributed by atoms with Gasteiger partial charge in [0.25, 0.3) is 0 Å². The highest BCUT2D eigenvalue weighted by molar-refractivity contribution is 5.31. The molecule has 3 heteroatoms. The number of nitrogens with zero attached hydrogens (tertiary/aromatic N) is 1. The van der Waals surface area contributed by atoms with Crippen molar-refractivity contribution in [2.24, 2.45) is 5.73 Å². The lowest BCUT2D eigenvalue weighted by Crippen LogP contribution is -2.38. The zero-order valence-electron chi connectivity index (χ0n) is 11.0. The fourth-order valence-electron chi connectivity index (χ4n) is 2.72. The predicted molar refractivity (Wildman–Crippen MR) is 74.7 cm³/mol. The molecule has 1 aliphatic rings. The third kappa shape index (κ3) is 2.74. The van der Waals surface area contributed by atoms with Gasteiger partial charge in [-0.05, 0) is 37.1 Å². The minimum absolute atomic E-state index is 0.0440. The van der Waals surface area contributed by atoms with Crippen molar-refractivity contribution in [2.45, 2.75) is 24.9 Å². The second-order valence-electron chi connectivity index (χ2n) is 4.80. The summed E-state index contributed by atoms with van der Waals surface area (Å²) in [5.41, 5.74) is 7.56. The quantitative estimate of drug-likeness (QED) is 0.810. The minimum atomic E-state index is 0.0440. The Morgan fingerprint density at radius 2 is 2.44 bits per heavy atom. The van der Waals surface area contributed by atoms with Crippen molar-refractivity contribution in [3.8, 4) is 5.75 Å². The fourth-order valence-corrected chi connectivity index (χ4v) is 2.72. The minimum Gasteiger partial charge on any atom is -0.497 e. The molecule has 0 radical (unpaired) electrons. The van der Waals surface area contributed by atoms with Crippen molar-refractivity contribution < 1.29 is 4.74 Å². The second kappa shape index (κ2) is 6.03. The van der Waals surface area contributed by atoms with E-state index in [1.54, 1.807) is 7.11 Å². The van der Waals surface area contributed by atoms with E-state index in [0.717, 1.165) is 30.8 Å². The normalized spacial score (nSPS) is 21.8. The second-order valence-corrected chi connectivity index (χ2v) is 4.80. The molecule has 1 aromatic rings. The summed E-state index contributed by atoms with van der Waals surface area (Å²) in [5, 5.41) is 0. The lowest BCUT2D eigenvalue weighted by atomic mass is 9.98. The van der Waals surface area contributed by atoms with E-state index < -0.39 is 0 Å². The van der Waals surface area contributed by atoms with Crippen molar-refractivity contribution in [2.75, 3.05) is 20.2 Å². The summed E-state index contributed by atoms with van der Waals surface area (Å²) in [6.45, 7) is 5.85. The van der Waals surface area contributed by atoms with Gasteiger partial charge in [0.15, 0.2) is 0 Å². The molecule has 1 heterocycles. The summed E-state index contributed by atoms with van der Waals surface area (Å²) in [7, 11) is 1.68. The molecule has 1 aromatic carbocycles. The van der Waals surface area contributed by atoms with Crippen molar-refractivity contribution in [3.05, 3.63) is 42.5 Å². The third-order valence-corrected chi connectivity index (χ3v) is 3.67. The summed E-state index contributed by atoms with van der Waals surface area (Å²) < 4.78 is 5.26. The molecule has 0 amide bonds. The highest BCUT2D eigenvalue weighted by atomic mass is 16.5. The highest BCUT2D eigenvalue weighted by Crippen LogP contribution is 2.29. The van der Waals surface area contributed by atoms with E-state index in [2.05, 4.69) is 17.5 Å². The van der Waals surface area contributed by atoms with E-state index >= 15 is 0 Å². The Kier molecular flexibility index (Phi) is 4.39. The molecule has 1 aliphatic heterocycles. The van der Waals surface area contributed by atoms with Crippen molar-refractivity contribution in [3.63, 3.8) is 0 Å². The third-order valence-electron chi connectivity index (χ3n) is 3.67. The lowest BCUT2D eigenvalue weighted by molar-refractivity contribution is 0.247. The van der Waals surface area contributed by atoms with Crippen LogP contribution in [0.25, 0.3) is 0 Å². The number of nitrogens with two attached hydrogens (primary N) is 1. The summed E-state index contributed by atoms with van der Waals surface area (Å²) in [5.74, 6) is 0.871. The zero-order chi connectivity index (χ0) is 13.0. The molecular formula is C15H22N2O. The number of methoxy groups -OCH3 is 1. The monoisotopic (exact) mass is 246 g/mol. The molecule has 2 N–H and O–H groups in total. The van der Waals surface area contributed by atoms with Gasteiger partial charge in [-0.25, -0.2) is 0 Å². The Morgan fingerprint density at radius 1 is 1.61 bits per heavy atom. The Balaban J connectivity index is 2.13. The molecule has 0 aromatic heterocycles. The van der Waals surface area contributed by atoms with Crippen LogP contribution in [-0.2, 0) is 0 Å². The van der Waals surface area contributed by atoms with Crippen molar-refractivity contribution in [1.82, 2.24) is 4.90 Å². The van der Waals surface area contributed by atoms with Gasteiger partial charge >= 0.3 is 0 Å². The average molecular weight is 246 g/mol. The molecule has 0 spiro atoms. The van der Waals surface area contributed by atoms with Gasteiger partial charge in [-0.15, -0.1) is 6.58 Å². The number of rotatable bonds is 5. The number of hydrogen-bond donors (Lipinski definition) is 1. The van der Waals surface area contributed by atoms with Gasteiger partial charge in [0.05, 0.1) is 7.11 Å². The van der Waals surface area contributed by atoms with Crippen LogP contribution in [0, 0.1) is 0 Å². The van der Waals surface area contributed by atoms with Crippen LogP contribution in [-0.4, -0.2) is 31.1 Å². The largest absolute Gasteiger partial charge is 0.497 e. The molecule has 98 valence electrons. The molecule has 0 aliphatic carbocycles.